The number of nitrogens with one attached hydrogen (secondary N) is 1. The molecule has 1 amide bonds. The predicted molar refractivity (Wildman–Crippen MR) is 98.3 cm³/mol. The normalized spacial score (nSPS) is 22.8. The number of carbonyl (C=O) groups is 1. The molecule has 0 aromatic heterocycles. The van der Waals surface area contributed by atoms with Crippen molar-refractivity contribution in [3.05, 3.63) is 59.7 Å². The minimum Gasteiger partial charge on any atom is -0.449 e. The molecule has 2 aliphatic carbocycles. The van der Waals surface area contributed by atoms with E-state index in [1.54, 1.807) is 0 Å². The Bertz CT molecular complexity index is 770. The van der Waals surface area contributed by atoms with Crippen LogP contribution >= 0.6 is 0 Å². The van der Waals surface area contributed by atoms with Crippen LogP contribution in [0.4, 0.5) is 4.79 Å². The van der Waals surface area contributed by atoms with Crippen LogP contribution in [0.1, 0.15) is 30.9 Å². The van der Waals surface area contributed by atoms with E-state index in [9.17, 15) is 4.79 Å². The monoisotopic (exact) mass is 336 g/mol. The van der Waals surface area contributed by atoms with Crippen LogP contribution in [-0.4, -0.2) is 25.3 Å². The average molecular weight is 336 g/mol. The molecule has 4 rings (SSSR count). The van der Waals surface area contributed by atoms with Gasteiger partial charge in [-0.1, -0.05) is 62.4 Å². The molecule has 0 spiro atoms. The summed E-state index contributed by atoms with van der Waals surface area (Å²) >= 11 is 0. The summed E-state index contributed by atoms with van der Waals surface area (Å²) < 4.78 is 5.53. The maximum absolute atomic E-state index is 12.1. The van der Waals surface area contributed by atoms with Crippen molar-refractivity contribution < 1.29 is 9.53 Å². The molecule has 0 saturated heterocycles. The first-order valence-corrected chi connectivity index (χ1v) is 8.84. The smallest absolute Gasteiger partial charge is 0.407 e. The van der Waals surface area contributed by atoms with E-state index >= 15 is 0 Å². The number of alkyl carbamates (subject to hydrolysis) is 1. The molecule has 0 aliphatic heterocycles. The van der Waals surface area contributed by atoms with E-state index in [1.807, 2.05) is 24.3 Å². The Balaban J connectivity index is 1.41. The lowest BCUT2D eigenvalue weighted by Crippen LogP contribution is -2.29. The molecule has 2 aromatic carbocycles. The number of benzene rings is 2. The molecule has 2 aromatic rings. The molecule has 4 nitrogen and oxygen atoms in total. The lowest BCUT2D eigenvalue weighted by atomic mass is 9.98. The topological polar surface area (TPSA) is 64.3 Å². The fourth-order valence-corrected chi connectivity index (χ4v) is 4.02. The maximum Gasteiger partial charge on any atom is 0.407 e. The lowest BCUT2D eigenvalue weighted by Gasteiger charge is -2.14. The van der Waals surface area contributed by atoms with E-state index < -0.39 is 0 Å². The van der Waals surface area contributed by atoms with E-state index in [2.05, 4.69) is 43.4 Å². The first-order chi connectivity index (χ1) is 12.0. The van der Waals surface area contributed by atoms with E-state index in [-0.39, 0.29) is 23.5 Å². The first kappa shape index (κ1) is 16.2. The summed E-state index contributed by atoms with van der Waals surface area (Å²) in [7, 11) is 0. The molecule has 0 heterocycles. The second-order valence-corrected chi connectivity index (χ2v) is 7.66. The summed E-state index contributed by atoms with van der Waals surface area (Å²) in [5.74, 6) is 0.422. The zero-order valence-corrected chi connectivity index (χ0v) is 14.7. The van der Waals surface area contributed by atoms with Crippen molar-refractivity contribution in [3.8, 4) is 11.1 Å². The highest BCUT2D eigenvalue weighted by Gasteiger charge is 2.55. The van der Waals surface area contributed by atoms with E-state index in [0.29, 0.717) is 19.1 Å². The number of carbonyl (C=O) groups excluding carboxylic acids is 1. The van der Waals surface area contributed by atoms with E-state index in [1.165, 1.54) is 22.3 Å². The highest BCUT2D eigenvalue weighted by molar-refractivity contribution is 5.79. The van der Waals surface area contributed by atoms with Gasteiger partial charge in [-0.25, -0.2) is 4.79 Å². The van der Waals surface area contributed by atoms with Crippen LogP contribution in [0.15, 0.2) is 48.5 Å². The fourth-order valence-electron chi connectivity index (χ4n) is 4.02. The van der Waals surface area contributed by atoms with Gasteiger partial charge < -0.3 is 15.8 Å². The van der Waals surface area contributed by atoms with Crippen molar-refractivity contribution in [2.45, 2.75) is 25.8 Å². The molecule has 2 aliphatic rings. The second-order valence-electron chi connectivity index (χ2n) is 7.66. The molecule has 25 heavy (non-hydrogen) atoms. The average Bonchev–Trinajstić information content (AvgIpc) is 2.96. The van der Waals surface area contributed by atoms with Crippen molar-refractivity contribution in [3.63, 3.8) is 0 Å². The Kier molecular flexibility index (Phi) is 3.80. The zero-order valence-electron chi connectivity index (χ0n) is 14.7. The van der Waals surface area contributed by atoms with Gasteiger partial charge in [0.25, 0.3) is 0 Å². The van der Waals surface area contributed by atoms with Gasteiger partial charge in [0.05, 0.1) is 0 Å². The van der Waals surface area contributed by atoms with Crippen molar-refractivity contribution in [2.75, 3.05) is 13.2 Å². The number of ether oxygens (including phenoxy) is 1. The number of hydrogen-bond donors (Lipinski definition) is 2. The molecule has 1 saturated carbocycles. The van der Waals surface area contributed by atoms with Gasteiger partial charge in [-0.15, -0.1) is 0 Å². The van der Waals surface area contributed by atoms with Crippen LogP contribution in [0.25, 0.3) is 11.1 Å². The molecule has 130 valence electrons. The van der Waals surface area contributed by atoms with Crippen LogP contribution in [0.2, 0.25) is 0 Å². The van der Waals surface area contributed by atoms with Gasteiger partial charge in [-0.2, -0.15) is 0 Å². The molecule has 0 unspecified atom stereocenters. The summed E-state index contributed by atoms with van der Waals surface area (Å²) in [6.07, 6.45) is -0.364. The van der Waals surface area contributed by atoms with Crippen LogP contribution < -0.4 is 11.1 Å². The van der Waals surface area contributed by atoms with Gasteiger partial charge in [0.2, 0.25) is 0 Å². The third-order valence-electron chi connectivity index (χ3n) is 5.95. The quantitative estimate of drug-likeness (QED) is 0.898. The zero-order chi connectivity index (χ0) is 17.6. The van der Waals surface area contributed by atoms with Crippen LogP contribution in [0, 0.1) is 11.3 Å². The number of amides is 1. The second kappa shape index (κ2) is 5.88. The first-order valence-electron chi connectivity index (χ1n) is 8.84. The fraction of sp³-hybridized carbons (Fsp3) is 0.381. The third-order valence-corrected chi connectivity index (χ3v) is 5.95. The van der Waals surface area contributed by atoms with Crippen molar-refractivity contribution in [2.24, 2.45) is 17.1 Å². The molecule has 1 fully saturated rings. The highest BCUT2D eigenvalue weighted by atomic mass is 16.5. The Morgan fingerprint density at radius 2 is 1.60 bits per heavy atom. The van der Waals surface area contributed by atoms with Crippen molar-refractivity contribution in [1.82, 2.24) is 5.32 Å². The third kappa shape index (κ3) is 2.71. The van der Waals surface area contributed by atoms with Gasteiger partial charge >= 0.3 is 6.09 Å². The van der Waals surface area contributed by atoms with Crippen molar-refractivity contribution >= 4 is 6.09 Å². The molecule has 0 radical (unpaired) electrons. The molecule has 4 heteroatoms. The standard InChI is InChI=1S/C21H24N2O2/c1-21(2)18(19(21)22)11-23-20(24)25-12-17-15-9-5-3-7-13(15)14-8-4-6-10-16(14)17/h3-10,17-19H,11-12,22H2,1-2H3,(H,23,24)/t18-,19-/m1/s1. The van der Waals surface area contributed by atoms with Crippen LogP contribution in [0.3, 0.4) is 0 Å². The van der Waals surface area contributed by atoms with Crippen molar-refractivity contribution in [1.29, 1.82) is 0 Å². The highest BCUT2D eigenvalue weighted by Crippen LogP contribution is 2.49. The lowest BCUT2D eigenvalue weighted by molar-refractivity contribution is 0.142. The number of rotatable bonds is 4. The van der Waals surface area contributed by atoms with Gasteiger partial charge in [-0.3, -0.25) is 0 Å². The summed E-state index contributed by atoms with van der Waals surface area (Å²) in [5.41, 5.74) is 11.0. The Labute approximate surface area is 148 Å². The van der Waals surface area contributed by atoms with Gasteiger partial charge in [-0.05, 0) is 33.6 Å². The molecular formula is C21H24N2O2. The summed E-state index contributed by atoms with van der Waals surface area (Å²) in [6, 6.07) is 16.8. The number of fused-ring (bicyclic) bond motifs is 3. The van der Waals surface area contributed by atoms with Gasteiger partial charge in [0.15, 0.2) is 0 Å². The Morgan fingerprint density at radius 1 is 1.08 bits per heavy atom. The molecule has 3 N–H and O–H groups in total. The summed E-state index contributed by atoms with van der Waals surface area (Å²) in [6.45, 7) is 5.17. The summed E-state index contributed by atoms with van der Waals surface area (Å²) in [5, 5.41) is 2.86. The SMILES string of the molecule is CC1(C)[C@H](N)[C@H]1CNC(=O)OCC1c2ccccc2-c2ccccc21. The molecular weight excluding hydrogens is 312 g/mol. The molecule has 2 atom stereocenters. The van der Waals surface area contributed by atoms with Gasteiger partial charge in [0.1, 0.15) is 6.61 Å². The van der Waals surface area contributed by atoms with Crippen LogP contribution in [-0.2, 0) is 4.74 Å². The Hall–Kier alpha value is -2.33. The largest absolute Gasteiger partial charge is 0.449 e. The molecule has 0 bridgehead atoms. The minimum atomic E-state index is -0.364. The van der Waals surface area contributed by atoms with Crippen LogP contribution in [0.5, 0.6) is 0 Å². The number of hydrogen-bond acceptors (Lipinski definition) is 3. The van der Waals surface area contributed by atoms with Gasteiger partial charge in [0, 0.05) is 18.5 Å². The number of nitrogens with two attached hydrogens (primary N) is 1. The summed E-state index contributed by atoms with van der Waals surface area (Å²) in [4.78, 5) is 12.1. The maximum atomic E-state index is 12.1. The van der Waals surface area contributed by atoms with E-state index in [0.717, 1.165) is 0 Å². The minimum absolute atomic E-state index is 0.0952. The Morgan fingerprint density at radius 3 is 2.12 bits per heavy atom. The predicted octanol–water partition coefficient (Wildman–Crippen LogP) is 3.51. The van der Waals surface area contributed by atoms with E-state index in [4.69, 9.17) is 10.5 Å².